The molecule has 15 heavy (non-hydrogen) atoms. The molecule has 0 N–H and O–H groups in total. The van der Waals surface area contributed by atoms with Gasteiger partial charge < -0.3 is 4.74 Å². The van der Waals surface area contributed by atoms with Crippen LogP contribution in [0.5, 0.6) is 5.75 Å². The van der Waals surface area contributed by atoms with Crippen LogP contribution in [-0.2, 0) is 0 Å². The smallest absolute Gasteiger partial charge is 0.131 e. The molecule has 0 aliphatic heterocycles. The number of benzene rings is 2. The van der Waals surface area contributed by atoms with Crippen LogP contribution in [0, 0.1) is 0 Å². The minimum absolute atomic E-state index is 0.109. The van der Waals surface area contributed by atoms with Gasteiger partial charge in [-0.1, -0.05) is 30.3 Å². The van der Waals surface area contributed by atoms with E-state index < -0.39 is 6.17 Å². The predicted molar refractivity (Wildman–Crippen MR) is 60.0 cm³/mol. The Morgan fingerprint density at radius 3 is 2.60 bits per heavy atom. The van der Waals surface area contributed by atoms with Crippen LogP contribution in [0.25, 0.3) is 10.8 Å². The van der Waals surface area contributed by atoms with Gasteiger partial charge in [0.2, 0.25) is 0 Å². The molecule has 0 heterocycles. The quantitative estimate of drug-likeness (QED) is 0.742. The molecule has 0 bridgehead atoms. The van der Waals surface area contributed by atoms with E-state index >= 15 is 0 Å². The van der Waals surface area contributed by atoms with Gasteiger partial charge in [0.15, 0.2) is 0 Å². The topological polar surface area (TPSA) is 9.23 Å². The van der Waals surface area contributed by atoms with Crippen molar-refractivity contribution in [1.82, 2.24) is 0 Å². The first-order valence-corrected chi connectivity index (χ1v) is 5.01. The van der Waals surface area contributed by atoms with Crippen LogP contribution in [-0.4, -0.2) is 12.8 Å². The molecule has 0 aromatic heterocycles. The highest BCUT2D eigenvalue weighted by molar-refractivity contribution is 5.83. The van der Waals surface area contributed by atoms with E-state index in [2.05, 4.69) is 0 Å². The van der Waals surface area contributed by atoms with E-state index in [-0.39, 0.29) is 6.61 Å². The maximum Gasteiger partial charge on any atom is 0.131 e. The molecule has 0 aliphatic carbocycles. The molecule has 0 saturated carbocycles. The van der Waals surface area contributed by atoms with Gasteiger partial charge in [0.05, 0.1) is 0 Å². The van der Waals surface area contributed by atoms with Crippen molar-refractivity contribution in [2.24, 2.45) is 0 Å². The fraction of sp³-hybridized carbons (Fsp3) is 0.231. The molecule has 0 saturated heterocycles. The number of rotatable bonds is 3. The molecule has 2 aromatic carbocycles. The zero-order chi connectivity index (χ0) is 10.7. The van der Waals surface area contributed by atoms with Gasteiger partial charge in [0.25, 0.3) is 0 Å². The molecule has 78 valence electrons. The zero-order valence-corrected chi connectivity index (χ0v) is 8.61. The standard InChI is InChI=1S/C13H13FO/c1-10(14)9-15-13-7-6-11-4-2-3-5-12(11)8-13/h2-8,10H,9H2,1H3. The average molecular weight is 204 g/mol. The van der Waals surface area contributed by atoms with Crippen LogP contribution in [0.4, 0.5) is 4.39 Å². The lowest BCUT2D eigenvalue weighted by Gasteiger charge is -2.07. The van der Waals surface area contributed by atoms with E-state index in [1.807, 2.05) is 42.5 Å². The van der Waals surface area contributed by atoms with Crippen molar-refractivity contribution in [3.63, 3.8) is 0 Å². The van der Waals surface area contributed by atoms with Crippen molar-refractivity contribution < 1.29 is 9.13 Å². The number of fused-ring (bicyclic) bond motifs is 1. The second-order valence-electron chi connectivity index (χ2n) is 3.60. The Kier molecular flexibility index (Phi) is 2.86. The number of alkyl halides is 1. The summed E-state index contributed by atoms with van der Waals surface area (Å²) in [5.74, 6) is 0.721. The Balaban J connectivity index is 2.23. The van der Waals surface area contributed by atoms with Crippen LogP contribution >= 0.6 is 0 Å². The van der Waals surface area contributed by atoms with Crippen molar-refractivity contribution in [2.75, 3.05) is 6.61 Å². The third-order valence-electron chi connectivity index (χ3n) is 2.20. The second-order valence-corrected chi connectivity index (χ2v) is 3.60. The first-order chi connectivity index (χ1) is 7.25. The molecule has 0 amide bonds. The monoisotopic (exact) mass is 204 g/mol. The van der Waals surface area contributed by atoms with Crippen LogP contribution < -0.4 is 4.74 Å². The third kappa shape index (κ3) is 2.46. The minimum Gasteiger partial charge on any atom is -0.491 e. The molecular weight excluding hydrogens is 191 g/mol. The molecule has 2 aromatic rings. The SMILES string of the molecule is CC(F)COc1ccc2ccccc2c1. The highest BCUT2D eigenvalue weighted by Gasteiger charge is 2.00. The fourth-order valence-corrected chi connectivity index (χ4v) is 1.47. The molecule has 2 rings (SSSR count). The van der Waals surface area contributed by atoms with Gasteiger partial charge in [-0.3, -0.25) is 0 Å². The molecule has 0 fully saturated rings. The van der Waals surface area contributed by atoms with E-state index in [9.17, 15) is 4.39 Å². The minimum atomic E-state index is -0.934. The molecule has 2 heteroatoms. The van der Waals surface area contributed by atoms with E-state index in [0.29, 0.717) is 0 Å². The van der Waals surface area contributed by atoms with Gasteiger partial charge in [-0.25, -0.2) is 4.39 Å². The maximum atomic E-state index is 12.6. The normalized spacial score (nSPS) is 12.7. The Labute approximate surface area is 88.5 Å². The number of hydrogen-bond acceptors (Lipinski definition) is 1. The van der Waals surface area contributed by atoms with Crippen LogP contribution in [0.1, 0.15) is 6.92 Å². The Hall–Kier alpha value is -1.57. The largest absolute Gasteiger partial charge is 0.491 e. The molecule has 1 atom stereocenters. The summed E-state index contributed by atoms with van der Waals surface area (Å²) >= 11 is 0. The average Bonchev–Trinajstić information content (AvgIpc) is 2.26. The summed E-state index contributed by atoms with van der Waals surface area (Å²) in [5.41, 5.74) is 0. The van der Waals surface area contributed by atoms with Crippen molar-refractivity contribution in [2.45, 2.75) is 13.1 Å². The lowest BCUT2D eigenvalue weighted by Crippen LogP contribution is -2.08. The number of ether oxygens (including phenoxy) is 1. The summed E-state index contributed by atoms with van der Waals surface area (Å²) in [6.45, 7) is 1.60. The van der Waals surface area contributed by atoms with Crippen LogP contribution in [0.2, 0.25) is 0 Å². The van der Waals surface area contributed by atoms with Gasteiger partial charge in [0.1, 0.15) is 18.5 Å². The second kappa shape index (κ2) is 4.30. The van der Waals surface area contributed by atoms with Gasteiger partial charge in [-0.05, 0) is 29.8 Å². The van der Waals surface area contributed by atoms with Gasteiger partial charge in [0, 0.05) is 0 Å². The molecule has 1 nitrogen and oxygen atoms in total. The van der Waals surface area contributed by atoms with Gasteiger partial charge >= 0.3 is 0 Å². The first kappa shape index (κ1) is 9.97. The highest BCUT2D eigenvalue weighted by Crippen LogP contribution is 2.20. The maximum absolute atomic E-state index is 12.6. The Morgan fingerprint density at radius 1 is 1.13 bits per heavy atom. The fourth-order valence-electron chi connectivity index (χ4n) is 1.47. The zero-order valence-electron chi connectivity index (χ0n) is 8.61. The van der Waals surface area contributed by atoms with E-state index in [4.69, 9.17) is 4.74 Å². The van der Waals surface area contributed by atoms with Crippen molar-refractivity contribution in [3.8, 4) is 5.75 Å². The lowest BCUT2D eigenvalue weighted by molar-refractivity contribution is 0.210. The third-order valence-corrected chi connectivity index (χ3v) is 2.20. The number of hydrogen-bond donors (Lipinski definition) is 0. The summed E-state index contributed by atoms with van der Waals surface area (Å²) in [7, 11) is 0. The summed E-state index contributed by atoms with van der Waals surface area (Å²) in [6.07, 6.45) is -0.934. The Morgan fingerprint density at radius 2 is 1.87 bits per heavy atom. The molecule has 1 unspecified atom stereocenters. The summed E-state index contributed by atoms with van der Waals surface area (Å²) in [6, 6.07) is 13.8. The van der Waals surface area contributed by atoms with Gasteiger partial charge in [-0.2, -0.15) is 0 Å². The van der Waals surface area contributed by atoms with Crippen molar-refractivity contribution in [1.29, 1.82) is 0 Å². The van der Waals surface area contributed by atoms with Gasteiger partial charge in [-0.15, -0.1) is 0 Å². The molecule has 0 aliphatic rings. The lowest BCUT2D eigenvalue weighted by atomic mass is 10.1. The van der Waals surface area contributed by atoms with Crippen LogP contribution in [0.15, 0.2) is 42.5 Å². The first-order valence-electron chi connectivity index (χ1n) is 5.01. The number of halogens is 1. The van der Waals surface area contributed by atoms with E-state index in [1.54, 1.807) is 0 Å². The van der Waals surface area contributed by atoms with Crippen molar-refractivity contribution >= 4 is 10.8 Å². The summed E-state index contributed by atoms with van der Waals surface area (Å²) in [4.78, 5) is 0. The summed E-state index contributed by atoms with van der Waals surface area (Å²) < 4.78 is 17.9. The Bertz CT molecular complexity index is 451. The van der Waals surface area contributed by atoms with E-state index in [1.165, 1.54) is 6.92 Å². The van der Waals surface area contributed by atoms with E-state index in [0.717, 1.165) is 16.5 Å². The summed E-state index contributed by atoms with van der Waals surface area (Å²) in [5, 5.41) is 2.28. The van der Waals surface area contributed by atoms with Crippen LogP contribution in [0.3, 0.4) is 0 Å². The van der Waals surface area contributed by atoms with Crippen molar-refractivity contribution in [3.05, 3.63) is 42.5 Å². The molecule has 0 spiro atoms. The molecular formula is C13H13FO. The molecule has 0 radical (unpaired) electrons. The predicted octanol–water partition coefficient (Wildman–Crippen LogP) is 3.58. The highest BCUT2D eigenvalue weighted by atomic mass is 19.1.